The van der Waals surface area contributed by atoms with Crippen LogP contribution in [0.3, 0.4) is 0 Å². The lowest BCUT2D eigenvalue weighted by molar-refractivity contribution is -0.142. The number of nitrogens with zero attached hydrogens (tertiary/aromatic N) is 2. The zero-order valence-electron chi connectivity index (χ0n) is 33.8. The molecule has 0 amide bonds. The second-order valence-corrected chi connectivity index (χ2v) is 15.1. The molecule has 2 aromatic heterocycles. The number of pyridine rings is 2. The Balaban J connectivity index is 0.000000280. The summed E-state index contributed by atoms with van der Waals surface area (Å²) in [6.45, 7) is 4.59. The average Bonchev–Trinajstić information content (AvgIpc) is 3.28. The Hall–Kier alpha value is -6.10. The molecule has 0 saturated carbocycles. The summed E-state index contributed by atoms with van der Waals surface area (Å²) in [5.74, 6) is -1.13. The molecule has 5 N–H and O–H groups in total. The van der Waals surface area contributed by atoms with E-state index < -0.39 is 33.9 Å². The molecule has 16 heteroatoms. The zero-order chi connectivity index (χ0) is 45.6. The van der Waals surface area contributed by atoms with E-state index in [2.05, 4.69) is 46.7 Å². The first-order chi connectivity index (χ1) is 30.2. The van der Waals surface area contributed by atoms with Crippen molar-refractivity contribution in [2.24, 2.45) is 0 Å². The van der Waals surface area contributed by atoms with E-state index in [1.54, 1.807) is 54.6 Å². The predicted molar refractivity (Wildman–Crippen MR) is 242 cm³/mol. The van der Waals surface area contributed by atoms with Crippen LogP contribution in [0.15, 0.2) is 152 Å². The van der Waals surface area contributed by atoms with Crippen LogP contribution in [0, 0.1) is 11.6 Å². The highest BCUT2D eigenvalue weighted by atomic mass is 35.5. The molecular weight excluding hydrogens is 874 g/mol. The molecule has 0 atom stereocenters. The van der Waals surface area contributed by atoms with Gasteiger partial charge in [-0.05, 0) is 66.9 Å². The Morgan fingerprint density at radius 1 is 0.683 bits per heavy atom. The van der Waals surface area contributed by atoms with E-state index in [0.29, 0.717) is 46.4 Å². The van der Waals surface area contributed by atoms with Crippen molar-refractivity contribution < 1.29 is 40.6 Å². The monoisotopic (exact) mass is 914 g/mol. The topological polar surface area (TPSA) is 174 Å². The fourth-order valence-corrected chi connectivity index (χ4v) is 6.75. The quantitative estimate of drug-likeness (QED) is 0.0375. The molecule has 0 unspecified atom stereocenters. The van der Waals surface area contributed by atoms with Crippen LogP contribution in [0.25, 0.3) is 22.5 Å². The summed E-state index contributed by atoms with van der Waals surface area (Å²) in [4.78, 5) is 19.2. The SMILES string of the molecule is CCOC(OCC)c1cc(NC(c2ccccc2)(c2ccccc2)c2ccccc2)c(F)c(-c2ccc(Cl)cc2)n1.Nc1cc(C=O)nc(-c2ccc(Cl)cc2)c1F.O=S(=O)(O)O. The maximum Gasteiger partial charge on any atom is 0.394 e. The molecule has 0 aliphatic heterocycles. The van der Waals surface area contributed by atoms with Crippen LogP contribution < -0.4 is 11.1 Å². The normalized spacial score (nSPS) is 11.2. The van der Waals surface area contributed by atoms with Gasteiger partial charge < -0.3 is 20.5 Å². The van der Waals surface area contributed by atoms with Crippen molar-refractivity contribution in [3.63, 3.8) is 0 Å². The van der Waals surface area contributed by atoms with E-state index in [0.717, 1.165) is 16.7 Å². The van der Waals surface area contributed by atoms with Gasteiger partial charge in [0, 0.05) is 34.4 Å². The van der Waals surface area contributed by atoms with Crippen LogP contribution in [0.4, 0.5) is 20.2 Å². The van der Waals surface area contributed by atoms with Crippen molar-refractivity contribution in [3.8, 4) is 22.5 Å². The minimum atomic E-state index is -4.67. The maximum atomic E-state index is 16.7. The molecule has 326 valence electrons. The number of nitrogens with one attached hydrogen (secondary N) is 1. The zero-order valence-corrected chi connectivity index (χ0v) is 36.2. The molecule has 0 aliphatic rings. The van der Waals surface area contributed by atoms with Crippen molar-refractivity contribution in [1.82, 2.24) is 9.97 Å². The fourth-order valence-electron chi connectivity index (χ4n) is 6.49. The summed E-state index contributed by atoms with van der Waals surface area (Å²) < 4.78 is 73.9. The Kier molecular flexibility index (Phi) is 17.0. The van der Waals surface area contributed by atoms with Gasteiger partial charge in [-0.15, -0.1) is 0 Å². The second kappa shape index (κ2) is 22.3. The Morgan fingerprint density at radius 3 is 1.46 bits per heavy atom. The van der Waals surface area contributed by atoms with Crippen molar-refractivity contribution in [1.29, 1.82) is 0 Å². The van der Waals surface area contributed by atoms with Crippen LogP contribution >= 0.6 is 23.2 Å². The van der Waals surface area contributed by atoms with Crippen LogP contribution in [0.2, 0.25) is 10.0 Å². The first-order valence-corrected chi connectivity index (χ1v) is 21.3. The van der Waals surface area contributed by atoms with Gasteiger partial charge in [0.2, 0.25) is 6.29 Å². The molecule has 0 bridgehead atoms. The third-order valence-electron chi connectivity index (χ3n) is 9.16. The number of carbonyl (C=O) groups is 1. The third-order valence-corrected chi connectivity index (χ3v) is 9.66. The number of rotatable bonds is 13. The minimum Gasteiger partial charge on any atom is -0.396 e. The summed E-state index contributed by atoms with van der Waals surface area (Å²) in [6, 6.07) is 46.5. The molecule has 0 fully saturated rings. The molecule has 0 saturated heterocycles. The fraction of sp³-hybridized carbons (Fsp3) is 0.128. The van der Waals surface area contributed by atoms with E-state index >= 15 is 4.39 Å². The number of hydrogen-bond donors (Lipinski definition) is 4. The highest BCUT2D eigenvalue weighted by Gasteiger charge is 2.38. The van der Waals surface area contributed by atoms with Gasteiger partial charge in [-0.3, -0.25) is 13.9 Å². The summed E-state index contributed by atoms with van der Waals surface area (Å²) in [5.41, 5.74) is 9.43. The van der Waals surface area contributed by atoms with Gasteiger partial charge in [0.1, 0.15) is 22.6 Å². The first kappa shape index (κ1) is 47.9. The summed E-state index contributed by atoms with van der Waals surface area (Å²) in [7, 11) is -4.67. The Morgan fingerprint density at radius 2 is 1.08 bits per heavy atom. The molecule has 2 heterocycles. The van der Waals surface area contributed by atoms with Gasteiger partial charge in [-0.1, -0.05) is 138 Å². The number of benzene rings is 5. The average molecular weight is 916 g/mol. The van der Waals surface area contributed by atoms with Gasteiger partial charge >= 0.3 is 10.4 Å². The van der Waals surface area contributed by atoms with E-state index in [-0.39, 0.29) is 28.5 Å². The lowest BCUT2D eigenvalue weighted by Crippen LogP contribution is -2.38. The summed E-state index contributed by atoms with van der Waals surface area (Å²) in [6.07, 6.45) is -0.244. The number of nitrogens with two attached hydrogens (primary N) is 1. The maximum absolute atomic E-state index is 16.7. The molecule has 11 nitrogen and oxygen atoms in total. The van der Waals surface area contributed by atoms with Crippen LogP contribution in [0.1, 0.15) is 53.0 Å². The van der Waals surface area contributed by atoms with Crippen LogP contribution in [-0.4, -0.2) is 47.0 Å². The number of anilines is 2. The lowest BCUT2D eigenvalue weighted by Gasteiger charge is -2.38. The van der Waals surface area contributed by atoms with Crippen molar-refractivity contribution in [2.75, 3.05) is 24.3 Å². The molecular formula is C47H42Cl2F2N4O7S. The van der Waals surface area contributed by atoms with Crippen molar-refractivity contribution in [3.05, 3.63) is 201 Å². The Bertz CT molecular complexity index is 2580. The number of hydrogen-bond acceptors (Lipinski definition) is 9. The third kappa shape index (κ3) is 12.7. The molecule has 5 aromatic carbocycles. The number of nitrogen functional groups attached to an aromatic ring is 1. The van der Waals surface area contributed by atoms with Crippen molar-refractivity contribution in [2.45, 2.75) is 25.7 Å². The van der Waals surface area contributed by atoms with Crippen molar-refractivity contribution >= 4 is 51.3 Å². The van der Waals surface area contributed by atoms with Gasteiger partial charge in [-0.25, -0.2) is 18.7 Å². The number of carbonyl (C=O) groups excluding carboxylic acids is 1. The Labute approximate surface area is 374 Å². The predicted octanol–water partition coefficient (Wildman–Crippen LogP) is 11.3. The highest BCUT2D eigenvalue weighted by molar-refractivity contribution is 7.79. The standard InChI is InChI=1S/C35H32ClFN2O2.C12H8ClFN2O.H2O4S/c1-3-40-34(41-4-2)31-24-30(32(37)33(38-31)25-20-22-29(36)23-21-25)39-35(26-14-8-5-9-15-26,27-16-10-6-11-17-27)28-18-12-7-13-19-28;13-8-3-1-7(2-4-8)12-11(14)10(15)5-9(6-17)16-12;1-5(2,3)4/h5-24,34H,3-4H2,1-2H3,(H,38,39);1-6H,(H2,15,16);(H2,1,2,3,4). The molecule has 63 heavy (non-hydrogen) atoms. The van der Waals surface area contributed by atoms with E-state index in [1.165, 1.54) is 6.07 Å². The number of halogens is 4. The smallest absolute Gasteiger partial charge is 0.394 e. The number of aromatic nitrogens is 2. The van der Waals surface area contributed by atoms with Gasteiger partial charge in [0.25, 0.3) is 0 Å². The molecule has 7 rings (SSSR count). The lowest BCUT2D eigenvalue weighted by atomic mass is 9.76. The van der Waals surface area contributed by atoms with E-state index in [9.17, 15) is 9.18 Å². The molecule has 7 aromatic rings. The van der Waals surface area contributed by atoms with Crippen LogP contribution in [-0.2, 0) is 25.4 Å². The highest BCUT2D eigenvalue weighted by Crippen LogP contribution is 2.42. The minimum absolute atomic E-state index is 0.0452. The summed E-state index contributed by atoms with van der Waals surface area (Å²) >= 11 is 11.9. The van der Waals surface area contributed by atoms with Gasteiger partial charge in [0.05, 0.1) is 17.1 Å². The second-order valence-electron chi connectivity index (χ2n) is 13.4. The molecule has 0 aliphatic carbocycles. The summed E-state index contributed by atoms with van der Waals surface area (Å²) in [5, 5.41) is 4.75. The van der Waals surface area contributed by atoms with Gasteiger partial charge in [0.15, 0.2) is 17.9 Å². The molecule has 0 spiro atoms. The largest absolute Gasteiger partial charge is 0.396 e. The first-order valence-electron chi connectivity index (χ1n) is 19.2. The van der Waals surface area contributed by atoms with E-state index in [4.69, 9.17) is 60.9 Å². The number of ether oxygens (including phenoxy) is 2. The number of aldehydes is 1. The van der Waals surface area contributed by atoms with Gasteiger partial charge in [-0.2, -0.15) is 8.42 Å². The molecule has 0 radical (unpaired) electrons. The van der Waals surface area contributed by atoms with Crippen LogP contribution in [0.5, 0.6) is 0 Å². The van der Waals surface area contributed by atoms with E-state index in [1.807, 2.05) is 68.4 Å².